The summed E-state index contributed by atoms with van der Waals surface area (Å²) in [5, 5.41) is 2.70. The highest BCUT2D eigenvalue weighted by Crippen LogP contribution is 2.15. The Hall–Kier alpha value is -2.89. The van der Waals surface area contributed by atoms with E-state index in [-0.39, 0.29) is 17.7 Å². The zero-order valence-corrected chi connectivity index (χ0v) is 14.8. The molecule has 1 amide bonds. The Morgan fingerprint density at radius 3 is 2.35 bits per heavy atom. The molecule has 0 aromatic heterocycles. The fourth-order valence-corrected chi connectivity index (χ4v) is 2.10. The fourth-order valence-electron chi connectivity index (χ4n) is 2.10. The first kappa shape index (κ1) is 19.4. The number of carbonyl (C=O) groups excluding carboxylic acids is 2. The van der Waals surface area contributed by atoms with Gasteiger partial charge in [0, 0.05) is 5.69 Å². The lowest BCUT2D eigenvalue weighted by Crippen LogP contribution is -2.30. The van der Waals surface area contributed by atoms with Gasteiger partial charge in [0.2, 0.25) is 0 Å². The van der Waals surface area contributed by atoms with Gasteiger partial charge in [0.15, 0.2) is 6.10 Å². The second kappa shape index (κ2) is 9.56. The topological polar surface area (TPSA) is 64.6 Å². The van der Waals surface area contributed by atoms with E-state index in [1.807, 2.05) is 6.92 Å². The Labute approximate surface area is 152 Å². The van der Waals surface area contributed by atoms with Gasteiger partial charge in [-0.2, -0.15) is 0 Å². The maximum Gasteiger partial charge on any atom is 0.338 e. The van der Waals surface area contributed by atoms with Crippen molar-refractivity contribution in [1.29, 1.82) is 0 Å². The molecule has 26 heavy (non-hydrogen) atoms. The average Bonchev–Trinajstić information content (AvgIpc) is 2.64. The van der Waals surface area contributed by atoms with E-state index < -0.39 is 6.10 Å². The molecule has 1 N–H and O–H groups in total. The first-order valence-corrected chi connectivity index (χ1v) is 8.50. The number of nitrogens with one attached hydrogen (secondary N) is 1. The first-order valence-electron chi connectivity index (χ1n) is 8.50. The number of unbranched alkanes of at least 4 members (excludes halogenated alkanes) is 1. The molecule has 0 aliphatic carbocycles. The molecule has 1 atom stereocenters. The lowest BCUT2D eigenvalue weighted by molar-refractivity contribution is -0.122. The van der Waals surface area contributed by atoms with Gasteiger partial charge < -0.3 is 14.8 Å². The largest absolute Gasteiger partial charge is 0.481 e. The standard InChI is InChI=1S/C20H22FNO4/c1-3-4-13-25-20(24)15-5-9-17(10-6-15)22-19(23)14(2)26-18-11-7-16(21)8-12-18/h5-12,14H,3-4,13H2,1-2H3,(H,22,23)/t14-/m0/s1. The molecule has 0 fully saturated rings. The fraction of sp³-hybridized carbons (Fsp3) is 0.300. The van der Waals surface area contributed by atoms with Crippen molar-refractivity contribution in [2.75, 3.05) is 11.9 Å². The molecule has 0 heterocycles. The van der Waals surface area contributed by atoms with E-state index in [4.69, 9.17) is 9.47 Å². The molecule has 0 saturated carbocycles. The van der Waals surface area contributed by atoms with E-state index in [1.165, 1.54) is 24.3 Å². The zero-order valence-electron chi connectivity index (χ0n) is 14.8. The lowest BCUT2D eigenvalue weighted by Gasteiger charge is -2.15. The minimum absolute atomic E-state index is 0.354. The maximum atomic E-state index is 12.9. The molecular formula is C20H22FNO4. The van der Waals surface area contributed by atoms with Crippen LogP contribution in [0.2, 0.25) is 0 Å². The zero-order chi connectivity index (χ0) is 18.9. The SMILES string of the molecule is CCCCOC(=O)c1ccc(NC(=O)[C@H](C)Oc2ccc(F)cc2)cc1. The van der Waals surface area contributed by atoms with Crippen molar-refractivity contribution in [3.63, 3.8) is 0 Å². The third kappa shape index (κ3) is 5.88. The summed E-state index contributed by atoms with van der Waals surface area (Å²) in [6.07, 6.45) is 1.02. The van der Waals surface area contributed by atoms with Crippen LogP contribution in [0.5, 0.6) is 5.75 Å². The maximum absolute atomic E-state index is 12.9. The van der Waals surface area contributed by atoms with Crippen molar-refractivity contribution in [3.8, 4) is 5.75 Å². The number of rotatable bonds is 8. The van der Waals surface area contributed by atoms with Gasteiger partial charge in [-0.05, 0) is 61.9 Å². The third-order valence-corrected chi connectivity index (χ3v) is 3.61. The summed E-state index contributed by atoms with van der Waals surface area (Å²) in [6.45, 7) is 4.01. The van der Waals surface area contributed by atoms with Crippen LogP contribution in [0.1, 0.15) is 37.0 Å². The number of halogens is 1. The number of benzene rings is 2. The summed E-state index contributed by atoms with van der Waals surface area (Å²) >= 11 is 0. The van der Waals surface area contributed by atoms with Crippen LogP contribution in [-0.2, 0) is 9.53 Å². The second-order valence-electron chi connectivity index (χ2n) is 5.77. The molecule has 0 aliphatic rings. The Morgan fingerprint density at radius 2 is 1.73 bits per heavy atom. The summed E-state index contributed by atoms with van der Waals surface area (Å²) in [6, 6.07) is 11.9. The van der Waals surface area contributed by atoms with Crippen LogP contribution < -0.4 is 10.1 Å². The second-order valence-corrected chi connectivity index (χ2v) is 5.77. The number of hydrogen-bond donors (Lipinski definition) is 1. The molecule has 2 aromatic carbocycles. The minimum Gasteiger partial charge on any atom is -0.481 e. The average molecular weight is 359 g/mol. The minimum atomic E-state index is -0.765. The Balaban J connectivity index is 1.88. The van der Waals surface area contributed by atoms with Crippen LogP contribution in [0, 0.1) is 5.82 Å². The third-order valence-electron chi connectivity index (χ3n) is 3.61. The van der Waals surface area contributed by atoms with Crippen LogP contribution in [0.15, 0.2) is 48.5 Å². The molecule has 0 bridgehead atoms. The molecule has 6 heteroatoms. The molecule has 2 rings (SSSR count). The summed E-state index contributed by atoms with van der Waals surface area (Å²) < 4.78 is 23.5. The van der Waals surface area contributed by atoms with Crippen LogP contribution in [-0.4, -0.2) is 24.6 Å². The highest BCUT2D eigenvalue weighted by atomic mass is 19.1. The van der Waals surface area contributed by atoms with Crippen molar-refractivity contribution in [2.24, 2.45) is 0 Å². The normalized spacial score (nSPS) is 11.5. The van der Waals surface area contributed by atoms with Gasteiger partial charge in [-0.25, -0.2) is 9.18 Å². The first-order chi connectivity index (χ1) is 12.5. The number of carbonyl (C=O) groups is 2. The highest BCUT2D eigenvalue weighted by Gasteiger charge is 2.15. The van der Waals surface area contributed by atoms with Gasteiger partial charge in [0.05, 0.1) is 12.2 Å². The van der Waals surface area contributed by atoms with Crippen molar-refractivity contribution < 1.29 is 23.5 Å². The Bertz CT molecular complexity index is 728. The molecule has 0 radical (unpaired) electrons. The van der Waals surface area contributed by atoms with Crippen LogP contribution in [0.4, 0.5) is 10.1 Å². The van der Waals surface area contributed by atoms with E-state index in [0.29, 0.717) is 23.6 Å². The molecule has 0 unspecified atom stereocenters. The van der Waals surface area contributed by atoms with E-state index in [1.54, 1.807) is 31.2 Å². The summed E-state index contributed by atoms with van der Waals surface area (Å²) in [5.74, 6) is -0.709. The number of anilines is 1. The molecule has 2 aromatic rings. The monoisotopic (exact) mass is 359 g/mol. The molecule has 0 spiro atoms. The predicted octanol–water partition coefficient (Wildman–Crippen LogP) is 4.19. The van der Waals surface area contributed by atoms with E-state index >= 15 is 0 Å². The summed E-state index contributed by atoms with van der Waals surface area (Å²) in [5.41, 5.74) is 0.962. The van der Waals surface area contributed by atoms with E-state index in [0.717, 1.165) is 12.8 Å². The van der Waals surface area contributed by atoms with Crippen molar-refractivity contribution in [2.45, 2.75) is 32.8 Å². The van der Waals surface area contributed by atoms with Gasteiger partial charge in [-0.15, -0.1) is 0 Å². The molecule has 0 saturated heterocycles. The number of ether oxygens (including phenoxy) is 2. The van der Waals surface area contributed by atoms with Gasteiger partial charge in [-0.1, -0.05) is 13.3 Å². The van der Waals surface area contributed by atoms with Crippen LogP contribution in [0.25, 0.3) is 0 Å². The lowest BCUT2D eigenvalue weighted by atomic mass is 10.2. The number of hydrogen-bond acceptors (Lipinski definition) is 4. The van der Waals surface area contributed by atoms with Gasteiger partial charge in [0.1, 0.15) is 11.6 Å². The van der Waals surface area contributed by atoms with E-state index in [2.05, 4.69) is 5.32 Å². The molecule has 0 aliphatic heterocycles. The van der Waals surface area contributed by atoms with E-state index in [9.17, 15) is 14.0 Å². The van der Waals surface area contributed by atoms with Crippen molar-refractivity contribution >= 4 is 17.6 Å². The van der Waals surface area contributed by atoms with Gasteiger partial charge in [0.25, 0.3) is 5.91 Å². The number of amides is 1. The molecule has 138 valence electrons. The highest BCUT2D eigenvalue weighted by molar-refractivity contribution is 5.95. The summed E-state index contributed by atoms with van der Waals surface area (Å²) in [7, 11) is 0. The summed E-state index contributed by atoms with van der Waals surface area (Å²) in [4.78, 5) is 24.0. The van der Waals surface area contributed by atoms with Crippen molar-refractivity contribution in [3.05, 3.63) is 59.9 Å². The van der Waals surface area contributed by atoms with Gasteiger partial charge in [-0.3, -0.25) is 4.79 Å². The number of esters is 1. The smallest absolute Gasteiger partial charge is 0.338 e. The quantitative estimate of drug-likeness (QED) is 0.567. The predicted molar refractivity (Wildman–Crippen MR) is 96.8 cm³/mol. The Morgan fingerprint density at radius 1 is 1.08 bits per heavy atom. The van der Waals surface area contributed by atoms with Crippen LogP contribution >= 0.6 is 0 Å². The van der Waals surface area contributed by atoms with Crippen molar-refractivity contribution in [1.82, 2.24) is 0 Å². The Kier molecular flexibility index (Phi) is 7.14. The molecule has 5 nitrogen and oxygen atoms in total. The molecular weight excluding hydrogens is 337 g/mol. The van der Waals surface area contributed by atoms with Crippen LogP contribution in [0.3, 0.4) is 0 Å². The van der Waals surface area contributed by atoms with Gasteiger partial charge >= 0.3 is 5.97 Å².